The van der Waals surface area contributed by atoms with Crippen LogP contribution < -0.4 is 0 Å². The van der Waals surface area contributed by atoms with Gasteiger partial charge in [0.05, 0.1) is 0 Å². The van der Waals surface area contributed by atoms with Gasteiger partial charge in [-0.25, -0.2) is 0 Å². The second-order valence-electron chi connectivity index (χ2n) is 8.90. The first-order chi connectivity index (χ1) is 9.66. The number of aromatic amines is 1. The summed E-state index contributed by atoms with van der Waals surface area (Å²) in [6.45, 7) is 14.1. The zero-order chi connectivity index (χ0) is 15.4. The number of hydrogen-bond donors (Lipinski definition) is 1. The lowest BCUT2D eigenvalue weighted by Crippen LogP contribution is -2.26. The van der Waals surface area contributed by atoms with Crippen LogP contribution in [-0.4, -0.2) is 4.98 Å². The molecule has 114 valence electrons. The fourth-order valence-electron chi connectivity index (χ4n) is 3.62. The predicted molar refractivity (Wildman–Crippen MR) is 92.0 cm³/mol. The van der Waals surface area contributed by atoms with E-state index in [0.717, 1.165) is 5.92 Å². The number of benzene rings is 1. The van der Waals surface area contributed by atoms with Crippen LogP contribution in [0.5, 0.6) is 0 Å². The summed E-state index contributed by atoms with van der Waals surface area (Å²) in [5, 5.41) is 1.46. The van der Waals surface area contributed by atoms with Crippen molar-refractivity contribution in [1.29, 1.82) is 0 Å². The summed E-state index contributed by atoms with van der Waals surface area (Å²) >= 11 is 0. The van der Waals surface area contributed by atoms with Crippen LogP contribution in [0.25, 0.3) is 10.9 Å². The molecule has 1 atom stereocenters. The number of aromatic nitrogens is 1. The van der Waals surface area contributed by atoms with Gasteiger partial charge in [-0.05, 0) is 59.3 Å². The van der Waals surface area contributed by atoms with E-state index in [0.29, 0.717) is 5.41 Å². The van der Waals surface area contributed by atoms with Gasteiger partial charge in [0, 0.05) is 16.6 Å². The molecule has 1 aromatic heterocycles. The molecular formula is C20H29N. The molecule has 3 rings (SSSR count). The van der Waals surface area contributed by atoms with Crippen molar-refractivity contribution >= 4 is 10.9 Å². The van der Waals surface area contributed by atoms with Crippen molar-refractivity contribution < 1.29 is 0 Å². The van der Waals surface area contributed by atoms with Gasteiger partial charge < -0.3 is 4.98 Å². The summed E-state index contributed by atoms with van der Waals surface area (Å²) in [7, 11) is 0. The molecule has 1 aromatic carbocycles. The smallest absolute Gasteiger partial charge is 0.0459 e. The standard InChI is InChI=1S/C20H29N/c1-19(2,3)13-7-9-17-15(11-13)16-12-14(20(4,5)6)8-10-18(16)21-17/h7,9,11,14,21H,8,10,12H2,1-6H3. The highest BCUT2D eigenvalue weighted by atomic mass is 14.7. The topological polar surface area (TPSA) is 15.8 Å². The molecule has 1 aliphatic carbocycles. The lowest BCUT2D eigenvalue weighted by atomic mass is 9.71. The normalized spacial score (nSPS) is 19.8. The Bertz CT molecular complexity index is 661. The first-order valence-corrected chi connectivity index (χ1v) is 8.30. The highest BCUT2D eigenvalue weighted by molar-refractivity contribution is 5.86. The quantitative estimate of drug-likeness (QED) is 0.646. The molecule has 1 heterocycles. The first kappa shape index (κ1) is 14.7. The zero-order valence-electron chi connectivity index (χ0n) is 14.4. The van der Waals surface area contributed by atoms with Crippen molar-refractivity contribution in [3.8, 4) is 0 Å². The number of fused-ring (bicyclic) bond motifs is 3. The maximum atomic E-state index is 3.67. The van der Waals surface area contributed by atoms with E-state index in [1.165, 1.54) is 41.4 Å². The maximum absolute atomic E-state index is 3.67. The van der Waals surface area contributed by atoms with Crippen molar-refractivity contribution in [2.24, 2.45) is 11.3 Å². The molecule has 2 aromatic rings. The van der Waals surface area contributed by atoms with Gasteiger partial charge in [0.1, 0.15) is 0 Å². The molecule has 1 unspecified atom stereocenters. The number of hydrogen-bond acceptors (Lipinski definition) is 0. The van der Waals surface area contributed by atoms with Crippen LogP contribution in [0.2, 0.25) is 0 Å². The van der Waals surface area contributed by atoms with Crippen molar-refractivity contribution in [3.63, 3.8) is 0 Å². The van der Waals surface area contributed by atoms with Gasteiger partial charge in [0.15, 0.2) is 0 Å². The van der Waals surface area contributed by atoms with E-state index in [1.54, 1.807) is 5.56 Å². The third kappa shape index (κ3) is 2.63. The minimum absolute atomic E-state index is 0.219. The fraction of sp³-hybridized carbons (Fsp3) is 0.600. The number of rotatable bonds is 0. The van der Waals surface area contributed by atoms with Gasteiger partial charge in [-0.1, -0.05) is 47.6 Å². The second kappa shape index (κ2) is 4.63. The Morgan fingerprint density at radius 2 is 1.76 bits per heavy atom. The monoisotopic (exact) mass is 283 g/mol. The second-order valence-corrected chi connectivity index (χ2v) is 8.90. The molecule has 0 aliphatic heterocycles. The van der Waals surface area contributed by atoms with E-state index >= 15 is 0 Å². The third-order valence-corrected chi connectivity index (χ3v) is 5.28. The number of H-pyrrole nitrogens is 1. The largest absolute Gasteiger partial charge is 0.358 e. The molecule has 1 nitrogen and oxygen atoms in total. The average molecular weight is 283 g/mol. The Hall–Kier alpha value is -1.24. The summed E-state index contributed by atoms with van der Waals surface area (Å²) in [6, 6.07) is 6.99. The van der Waals surface area contributed by atoms with Crippen molar-refractivity contribution in [2.75, 3.05) is 0 Å². The predicted octanol–water partition coefficient (Wildman–Crippen LogP) is 5.62. The molecule has 21 heavy (non-hydrogen) atoms. The lowest BCUT2D eigenvalue weighted by molar-refractivity contribution is 0.216. The van der Waals surface area contributed by atoms with Crippen LogP contribution in [0.15, 0.2) is 18.2 Å². The minimum atomic E-state index is 0.219. The van der Waals surface area contributed by atoms with Crippen LogP contribution in [0.3, 0.4) is 0 Å². The molecule has 0 fully saturated rings. The van der Waals surface area contributed by atoms with E-state index < -0.39 is 0 Å². The average Bonchev–Trinajstić information content (AvgIpc) is 2.73. The van der Waals surface area contributed by atoms with E-state index in [2.05, 4.69) is 64.7 Å². The van der Waals surface area contributed by atoms with Crippen LogP contribution >= 0.6 is 0 Å². The fourth-order valence-corrected chi connectivity index (χ4v) is 3.62. The number of nitrogens with one attached hydrogen (secondary N) is 1. The van der Waals surface area contributed by atoms with Gasteiger partial charge >= 0.3 is 0 Å². The molecule has 1 N–H and O–H groups in total. The molecule has 0 amide bonds. The van der Waals surface area contributed by atoms with Crippen LogP contribution in [0.1, 0.15) is 64.8 Å². The zero-order valence-corrected chi connectivity index (χ0v) is 14.4. The first-order valence-electron chi connectivity index (χ1n) is 8.30. The summed E-state index contributed by atoms with van der Waals surface area (Å²) in [5.41, 5.74) is 6.45. The molecule has 0 saturated carbocycles. The van der Waals surface area contributed by atoms with E-state index in [9.17, 15) is 0 Å². The van der Waals surface area contributed by atoms with Gasteiger partial charge in [-0.2, -0.15) is 0 Å². The molecule has 1 heteroatoms. The summed E-state index contributed by atoms with van der Waals surface area (Å²) in [4.78, 5) is 3.67. The van der Waals surface area contributed by atoms with Gasteiger partial charge in [0.2, 0.25) is 0 Å². The van der Waals surface area contributed by atoms with Gasteiger partial charge in [-0.15, -0.1) is 0 Å². The molecule has 0 bridgehead atoms. The number of aryl methyl sites for hydroxylation is 1. The Morgan fingerprint density at radius 3 is 2.38 bits per heavy atom. The van der Waals surface area contributed by atoms with Crippen molar-refractivity contribution in [3.05, 3.63) is 35.0 Å². The third-order valence-electron chi connectivity index (χ3n) is 5.28. The Labute approximate surface area is 129 Å². The maximum Gasteiger partial charge on any atom is 0.0459 e. The molecular weight excluding hydrogens is 254 g/mol. The highest BCUT2D eigenvalue weighted by Crippen LogP contribution is 2.40. The Kier molecular flexibility index (Phi) is 3.24. The highest BCUT2D eigenvalue weighted by Gasteiger charge is 2.30. The minimum Gasteiger partial charge on any atom is -0.358 e. The molecule has 0 radical (unpaired) electrons. The lowest BCUT2D eigenvalue weighted by Gasteiger charge is -2.34. The SMILES string of the molecule is CC(C)(C)c1ccc2[nH]c3c(c2c1)CC(C(C)(C)C)CC3. The Morgan fingerprint density at radius 1 is 1.05 bits per heavy atom. The van der Waals surface area contributed by atoms with Crippen LogP contribution in [-0.2, 0) is 18.3 Å². The van der Waals surface area contributed by atoms with E-state index in [1.807, 2.05) is 0 Å². The Balaban J connectivity index is 2.08. The van der Waals surface area contributed by atoms with Crippen LogP contribution in [0.4, 0.5) is 0 Å². The molecule has 0 saturated heterocycles. The summed E-state index contributed by atoms with van der Waals surface area (Å²) in [5.74, 6) is 0.794. The van der Waals surface area contributed by atoms with Crippen LogP contribution in [0, 0.1) is 11.3 Å². The van der Waals surface area contributed by atoms with Gasteiger partial charge in [-0.3, -0.25) is 0 Å². The van der Waals surface area contributed by atoms with Gasteiger partial charge in [0.25, 0.3) is 0 Å². The van der Waals surface area contributed by atoms with Crippen molar-refractivity contribution in [2.45, 2.75) is 66.2 Å². The molecule has 1 aliphatic rings. The summed E-state index contributed by atoms with van der Waals surface area (Å²) < 4.78 is 0. The van der Waals surface area contributed by atoms with Crippen molar-refractivity contribution in [1.82, 2.24) is 4.98 Å². The summed E-state index contributed by atoms with van der Waals surface area (Å²) in [6.07, 6.45) is 3.75. The van der Waals surface area contributed by atoms with E-state index in [4.69, 9.17) is 0 Å². The van der Waals surface area contributed by atoms with E-state index in [-0.39, 0.29) is 5.41 Å². The molecule has 0 spiro atoms.